The van der Waals surface area contributed by atoms with E-state index in [2.05, 4.69) is 15.0 Å². The van der Waals surface area contributed by atoms with Gasteiger partial charge in [0.1, 0.15) is 6.10 Å². The van der Waals surface area contributed by atoms with Gasteiger partial charge in [-0.05, 0) is 19.9 Å². The first kappa shape index (κ1) is 26.2. The molecule has 6 atom stereocenters. The largest absolute Gasteiger partial charge is 0.509 e. The van der Waals surface area contributed by atoms with Crippen LogP contribution in [0.3, 0.4) is 0 Å². The number of hydrogen-bond donors (Lipinski definition) is 1. The van der Waals surface area contributed by atoms with E-state index >= 15 is 0 Å². The van der Waals surface area contributed by atoms with Crippen LogP contribution in [-0.2, 0) is 32.3 Å². The van der Waals surface area contributed by atoms with Crippen molar-refractivity contribution in [2.75, 3.05) is 25.6 Å². The molecule has 0 amide bonds. The van der Waals surface area contributed by atoms with E-state index in [1.807, 2.05) is 6.07 Å². The molecule has 208 valence electrons. The number of anilines is 1. The summed E-state index contributed by atoms with van der Waals surface area (Å²) in [7, 11) is -4.01. The van der Waals surface area contributed by atoms with Crippen LogP contribution in [0, 0.1) is 0 Å². The van der Waals surface area contributed by atoms with Gasteiger partial charge in [0.25, 0.3) is 0 Å². The normalized spacial score (nSPS) is 32.1. The maximum atomic E-state index is 13.4. The minimum Gasteiger partial charge on any atom is -0.476 e. The van der Waals surface area contributed by atoms with Crippen molar-refractivity contribution in [3.63, 3.8) is 0 Å². The predicted molar refractivity (Wildman–Crippen MR) is 134 cm³/mol. The van der Waals surface area contributed by atoms with Crippen molar-refractivity contribution in [2.24, 2.45) is 0 Å². The third-order valence-electron chi connectivity index (χ3n) is 6.70. The minimum absolute atomic E-state index is 0.0373. The second-order valence-electron chi connectivity index (χ2n) is 9.23. The average Bonchev–Trinajstić information content (AvgIpc) is 3.52. The molecule has 3 aromatic rings. The molecule has 3 aliphatic rings. The van der Waals surface area contributed by atoms with Gasteiger partial charge in [-0.3, -0.25) is 18.1 Å². The highest BCUT2D eigenvalue weighted by Gasteiger charge is 2.64. The number of phosphoric acid groups is 1. The maximum absolute atomic E-state index is 13.4. The van der Waals surface area contributed by atoms with Crippen molar-refractivity contribution in [1.82, 2.24) is 19.5 Å². The molecule has 14 nitrogen and oxygen atoms in total. The van der Waals surface area contributed by atoms with Crippen LogP contribution in [-0.4, -0.2) is 63.3 Å². The molecule has 6 rings (SSSR count). The van der Waals surface area contributed by atoms with E-state index < -0.39 is 44.1 Å². The molecule has 0 aliphatic carbocycles. The lowest BCUT2D eigenvalue weighted by Gasteiger charge is -2.30. The average molecular weight is 582 g/mol. The van der Waals surface area contributed by atoms with Crippen molar-refractivity contribution in [1.29, 1.82) is 0 Å². The summed E-state index contributed by atoms with van der Waals surface area (Å²) in [6.45, 7) is 3.62. The smallest absolute Gasteiger partial charge is 0.476 e. The van der Waals surface area contributed by atoms with Gasteiger partial charge in [0, 0.05) is 17.0 Å². The molecule has 3 saturated heterocycles. The zero-order valence-corrected chi connectivity index (χ0v) is 22.5. The van der Waals surface area contributed by atoms with E-state index in [-0.39, 0.29) is 25.0 Å². The first-order chi connectivity index (χ1) is 18.7. The predicted octanol–water partition coefficient (Wildman–Crippen LogP) is 3.96. The van der Waals surface area contributed by atoms with Gasteiger partial charge < -0.3 is 24.7 Å². The fourth-order valence-electron chi connectivity index (χ4n) is 4.97. The summed E-state index contributed by atoms with van der Waals surface area (Å²) in [6, 6.07) is 7.11. The molecule has 0 radical (unpaired) electrons. The Kier molecular flexibility index (Phi) is 6.64. The van der Waals surface area contributed by atoms with Crippen LogP contribution >= 0.6 is 19.4 Å². The second-order valence-corrected chi connectivity index (χ2v) is 11.3. The fraction of sp³-hybridized carbons (Fsp3) is 0.478. The Bertz CT molecular complexity index is 1470. The zero-order chi connectivity index (χ0) is 27.4. The molecule has 0 spiro atoms. The number of imidazole rings is 1. The number of aromatic nitrogens is 4. The number of ether oxygens (including phenoxy) is 4. The quantitative estimate of drug-likeness (QED) is 0.314. The number of rotatable bonds is 7. The Morgan fingerprint density at radius 1 is 1.31 bits per heavy atom. The Labute approximate surface area is 227 Å². The van der Waals surface area contributed by atoms with Crippen LogP contribution in [0.4, 0.5) is 10.7 Å². The van der Waals surface area contributed by atoms with Gasteiger partial charge in [-0.25, -0.2) is 14.3 Å². The lowest BCUT2D eigenvalue weighted by atomic mass is 9.96. The van der Waals surface area contributed by atoms with Gasteiger partial charge in [0.2, 0.25) is 11.8 Å². The van der Waals surface area contributed by atoms with Crippen molar-refractivity contribution in [3.8, 4) is 5.88 Å². The Morgan fingerprint density at radius 2 is 2.13 bits per heavy atom. The van der Waals surface area contributed by atoms with Crippen LogP contribution < -0.4 is 10.5 Å². The highest BCUT2D eigenvalue weighted by atomic mass is 35.5. The van der Waals surface area contributed by atoms with E-state index in [1.165, 1.54) is 6.33 Å². The number of nitrogens with zero attached hydrogens (tertiary/aromatic N) is 4. The number of nitrogens with two attached hydrogens (primary N) is 1. The molecule has 1 aromatic carbocycles. The highest BCUT2D eigenvalue weighted by Crippen LogP contribution is 2.58. The number of benzene rings is 1. The number of fused-ring (bicyclic) bond motifs is 2. The summed E-state index contributed by atoms with van der Waals surface area (Å²) in [4.78, 5) is 25.0. The molecule has 2 N–H and O–H groups in total. The number of nitrogen functional groups attached to an aromatic ring is 1. The van der Waals surface area contributed by atoms with Gasteiger partial charge in [-0.2, -0.15) is 9.97 Å². The molecule has 6 unspecified atom stereocenters. The van der Waals surface area contributed by atoms with E-state index in [1.54, 1.807) is 36.6 Å². The first-order valence-electron chi connectivity index (χ1n) is 12.2. The van der Waals surface area contributed by atoms with Gasteiger partial charge in [0.05, 0.1) is 32.3 Å². The summed E-state index contributed by atoms with van der Waals surface area (Å²) in [5, 5.41) is 0.480. The van der Waals surface area contributed by atoms with Gasteiger partial charge >= 0.3 is 14.0 Å². The van der Waals surface area contributed by atoms with Crippen molar-refractivity contribution in [2.45, 2.75) is 50.4 Å². The molecule has 3 aliphatic heterocycles. The summed E-state index contributed by atoms with van der Waals surface area (Å²) >= 11 is 6.30. The van der Waals surface area contributed by atoms with Crippen LogP contribution in [0.1, 0.15) is 38.2 Å². The Balaban J connectivity index is 1.25. The topological polar surface area (TPSA) is 168 Å². The van der Waals surface area contributed by atoms with Crippen molar-refractivity contribution >= 4 is 42.7 Å². The molecule has 5 heterocycles. The summed E-state index contributed by atoms with van der Waals surface area (Å²) in [6.07, 6.45) is -2.37. The third-order valence-corrected chi connectivity index (χ3v) is 8.52. The number of phosphoric ester groups is 1. The monoisotopic (exact) mass is 581 g/mol. The van der Waals surface area contributed by atoms with Gasteiger partial charge in [-0.15, -0.1) is 0 Å². The lowest BCUT2D eigenvalue weighted by molar-refractivity contribution is -0.0925. The van der Waals surface area contributed by atoms with Crippen LogP contribution in [0.25, 0.3) is 11.2 Å². The van der Waals surface area contributed by atoms with E-state index in [9.17, 15) is 9.36 Å². The SMILES string of the molecule is CCOc1nc(N)nc2c1ncn2C1OC(COP2(=O)OCCC(c3ccccc3Cl)O2)C2OC(=O)OC21C. The number of halogens is 1. The lowest BCUT2D eigenvalue weighted by Crippen LogP contribution is -2.42. The third kappa shape index (κ3) is 4.60. The van der Waals surface area contributed by atoms with Crippen molar-refractivity contribution in [3.05, 3.63) is 41.2 Å². The minimum atomic E-state index is -4.01. The summed E-state index contributed by atoms with van der Waals surface area (Å²) in [5.74, 6) is 0.167. The van der Waals surface area contributed by atoms with Crippen LogP contribution in [0.15, 0.2) is 30.6 Å². The first-order valence-corrected chi connectivity index (χ1v) is 14.0. The van der Waals surface area contributed by atoms with E-state index in [4.69, 9.17) is 49.9 Å². The number of hydrogen-bond acceptors (Lipinski definition) is 13. The zero-order valence-electron chi connectivity index (χ0n) is 20.9. The molecule has 0 saturated carbocycles. The van der Waals surface area contributed by atoms with Crippen molar-refractivity contribution < 1.29 is 41.9 Å². The second kappa shape index (κ2) is 9.88. The van der Waals surface area contributed by atoms with E-state index in [0.29, 0.717) is 34.8 Å². The Morgan fingerprint density at radius 3 is 2.92 bits per heavy atom. The van der Waals surface area contributed by atoms with Gasteiger partial charge in [0.15, 0.2) is 29.1 Å². The molecule has 3 fully saturated rings. The molecule has 2 aromatic heterocycles. The molecular weight excluding hydrogens is 557 g/mol. The van der Waals surface area contributed by atoms with Crippen LogP contribution in [0.2, 0.25) is 5.02 Å². The highest BCUT2D eigenvalue weighted by molar-refractivity contribution is 7.48. The summed E-state index contributed by atoms with van der Waals surface area (Å²) < 4.78 is 54.5. The molecule has 16 heteroatoms. The number of carbonyl (C=O) groups is 1. The number of carbonyl (C=O) groups excluding carboxylic acids is 1. The molecule has 0 bridgehead atoms. The standard InChI is InChI=1S/C23H25ClN5O9P/c1-3-32-19-16-18(27-21(25)28-19)29(11-26-16)20-23(2)17(36-22(30)37-23)15(35-20)10-34-39(31)33-9-8-14(38-39)12-6-4-5-7-13(12)24/h4-7,11,14-15,17,20H,3,8-10H2,1-2H3,(H2,25,27,28). The van der Waals surface area contributed by atoms with Gasteiger partial charge in [-0.1, -0.05) is 29.8 Å². The molecule has 39 heavy (non-hydrogen) atoms. The van der Waals surface area contributed by atoms with Crippen LogP contribution in [0.5, 0.6) is 5.88 Å². The Hall–Kier alpha value is -3.00. The maximum Gasteiger partial charge on any atom is 0.509 e. The summed E-state index contributed by atoms with van der Waals surface area (Å²) in [5.41, 5.74) is 5.91. The van der Waals surface area contributed by atoms with E-state index in [0.717, 1.165) is 0 Å². The fourth-order valence-corrected chi connectivity index (χ4v) is 6.61. The molecular formula is C23H25ClN5O9P.